The fourth-order valence-electron chi connectivity index (χ4n) is 3.31. The van der Waals surface area contributed by atoms with Crippen molar-refractivity contribution in [1.82, 2.24) is 10.5 Å². The number of nitrogens with zero attached hydrogens (tertiary/aromatic N) is 1. The number of carbonyl (C=O) groups is 2. The van der Waals surface area contributed by atoms with Crippen molar-refractivity contribution in [3.8, 4) is 5.75 Å². The number of carbonyl (C=O) groups excluding carboxylic acids is 2. The lowest BCUT2D eigenvalue weighted by Gasteiger charge is -2.19. The fourth-order valence-corrected chi connectivity index (χ4v) is 3.31. The van der Waals surface area contributed by atoms with E-state index in [2.05, 4.69) is 15.8 Å². The molecule has 1 aliphatic heterocycles. The Morgan fingerprint density at radius 1 is 1.23 bits per heavy atom. The van der Waals surface area contributed by atoms with E-state index in [1.165, 1.54) is 0 Å². The summed E-state index contributed by atoms with van der Waals surface area (Å²) in [7, 11) is 0. The van der Waals surface area contributed by atoms with Crippen molar-refractivity contribution < 1.29 is 18.8 Å². The van der Waals surface area contributed by atoms with Crippen LogP contribution < -0.4 is 15.4 Å². The first-order valence-electron chi connectivity index (χ1n) is 8.84. The van der Waals surface area contributed by atoms with Crippen LogP contribution in [0.5, 0.6) is 5.75 Å². The van der Waals surface area contributed by atoms with Crippen LogP contribution in [0.1, 0.15) is 48.6 Å². The van der Waals surface area contributed by atoms with Crippen LogP contribution in [0.3, 0.4) is 0 Å². The van der Waals surface area contributed by atoms with Gasteiger partial charge in [0, 0.05) is 23.4 Å². The molecule has 1 aromatic heterocycles. The lowest BCUT2D eigenvalue weighted by atomic mass is 9.94. The zero-order chi connectivity index (χ0) is 18.3. The largest absolute Gasteiger partial charge is 0.493 e. The molecular formula is C19H21N3O4. The summed E-state index contributed by atoms with van der Waals surface area (Å²) < 4.78 is 10.9. The van der Waals surface area contributed by atoms with Gasteiger partial charge in [0.15, 0.2) is 5.76 Å². The third-order valence-electron chi connectivity index (χ3n) is 4.98. The highest BCUT2D eigenvalue weighted by molar-refractivity contribution is 6.39. The molecule has 2 amide bonds. The lowest BCUT2D eigenvalue weighted by molar-refractivity contribution is -0.136. The van der Waals surface area contributed by atoms with Gasteiger partial charge in [-0.1, -0.05) is 23.4 Å². The van der Waals surface area contributed by atoms with Gasteiger partial charge in [0.25, 0.3) is 0 Å². The van der Waals surface area contributed by atoms with Gasteiger partial charge in [-0.05, 0) is 32.8 Å². The van der Waals surface area contributed by atoms with Gasteiger partial charge in [0.05, 0.1) is 6.61 Å². The number of aryl methyl sites for hydroxylation is 1. The molecule has 1 aliphatic carbocycles. The molecule has 2 unspecified atom stereocenters. The van der Waals surface area contributed by atoms with E-state index < -0.39 is 11.8 Å². The lowest BCUT2D eigenvalue weighted by Crippen LogP contribution is -2.43. The molecule has 2 atom stereocenters. The number of hydrogen-bond acceptors (Lipinski definition) is 5. The van der Waals surface area contributed by atoms with Crippen molar-refractivity contribution >= 4 is 17.5 Å². The molecule has 2 N–H and O–H groups in total. The Bertz CT molecular complexity index is 856. The molecule has 0 spiro atoms. The smallest absolute Gasteiger partial charge is 0.313 e. The maximum absolute atomic E-state index is 12.3. The molecule has 26 heavy (non-hydrogen) atoms. The Morgan fingerprint density at radius 3 is 2.77 bits per heavy atom. The molecule has 0 bridgehead atoms. The van der Waals surface area contributed by atoms with Crippen molar-refractivity contribution in [2.45, 2.75) is 44.6 Å². The van der Waals surface area contributed by atoms with E-state index in [1.807, 2.05) is 31.2 Å². The summed E-state index contributed by atoms with van der Waals surface area (Å²) in [4.78, 5) is 24.7. The minimum Gasteiger partial charge on any atom is -0.493 e. The van der Waals surface area contributed by atoms with E-state index in [9.17, 15) is 9.59 Å². The Balaban J connectivity index is 1.40. The molecule has 2 aromatic rings. The maximum atomic E-state index is 12.3. The zero-order valence-corrected chi connectivity index (χ0v) is 14.7. The quantitative estimate of drug-likeness (QED) is 0.822. The number of anilines is 1. The van der Waals surface area contributed by atoms with Gasteiger partial charge >= 0.3 is 11.8 Å². The number of ether oxygens (including phenoxy) is 1. The van der Waals surface area contributed by atoms with Crippen LogP contribution in [0.25, 0.3) is 0 Å². The zero-order valence-electron chi connectivity index (χ0n) is 14.7. The van der Waals surface area contributed by atoms with Crippen LogP contribution in [0.2, 0.25) is 0 Å². The molecule has 136 valence electrons. The molecular weight excluding hydrogens is 334 g/mol. The molecule has 7 heteroatoms. The Hall–Kier alpha value is -2.83. The first-order valence-corrected chi connectivity index (χ1v) is 8.84. The molecule has 0 saturated heterocycles. The highest BCUT2D eigenvalue weighted by Crippen LogP contribution is 2.44. The number of amides is 2. The third-order valence-corrected chi connectivity index (χ3v) is 4.98. The highest BCUT2D eigenvalue weighted by atomic mass is 16.5. The molecule has 4 rings (SSSR count). The Labute approximate surface area is 151 Å². The molecule has 7 nitrogen and oxygen atoms in total. The molecule has 1 fully saturated rings. The number of aromatic nitrogens is 1. The molecule has 2 aliphatic rings. The van der Waals surface area contributed by atoms with Crippen molar-refractivity contribution in [1.29, 1.82) is 0 Å². The predicted octanol–water partition coefficient (Wildman–Crippen LogP) is 2.48. The van der Waals surface area contributed by atoms with Gasteiger partial charge in [-0.15, -0.1) is 0 Å². The fraction of sp³-hybridized carbons (Fsp3) is 0.421. The van der Waals surface area contributed by atoms with Crippen molar-refractivity contribution in [3.05, 3.63) is 41.3 Å². The van der Waals surface area contributed by atoms with Crippen LogP contribution in [0.4, 0.5) is 5.69 Å². The second-order valence-corrected chi connectivity index (χ2v) is 6.95. The summed E-state index contributed by atoms with van der Waals surface area (Å²) in [6.45, 7) is 4.11. The van der Waals surface area contributed by atoms with Crippen LogP contribution in [-0.4, -0.2) is 29.6 Å². The average molecular weight is 355 g/mol. The summed E-state index contributed by atoms with van der Waals surface area (Å²) in [5.74, 6) is 0.413. The number of nitrogens with one attached hydrogen (secondary N) is 2. The second-order valence-electron chi connectivity index (χ2n) is 6.95. The van der Waals surface area contributed by atoms with Crippen LogP contribution in [0.15, 0.2) is 28.8 Å². The summed E-state index contributed by atoms with van der Waals surface area (Å²) in [6, 6.07) is 7.51. The second kappa shape index (κ2) is 6.48. The van der Waals surface area contributed by atoms with E-state index in [0.29, 0.717) is 29.7 Å². The molecule has 1 aromatic carbocycles. The number of fused-ring (bicyclic) bond motifs is 1. The number of benzene rings is 1. The van der Waals surface area contributed by atoms with Crippen LogP contribution >= 0.6 is 0 Å². The standard InChI is InChI=1S/C19H21N3O4/c1-10(14-9-25-15-6-4-3-5-13(14)15)20-18(23)19(24)21-16-11(2)22-26-17(16)12-7-8-12/h3-6,10,12,14H,7-9H2,1-2H3,(H,20,23)(H,21,24). The predicted molar refractivity (Wildman–Crippen MR) is 94.1 cm³/mol. The topological polar surface area (TPSA) is 93.5 Å². The number of para-hydroxylation sites is 1. The Kier molecular flexibility index (Phi) is 4.14. The summed E-state index contributed by atoms with van der Waals surface area (Å²) in [5.41, 5.74) is 2.15. The molecule has 1 saturated carbocycles. The van der Waals surface area contributed by atoms with Gasteiger partial charge in [-0.2, -0.15) is 0 Å². The normalized spacial score (nSPS) is 19.4. The van der Waals surface area contributed by atoms with E-state index >= 15 is 0 Å². The maximum Gasteiger partial charge on any atom is 0.313 e. The molecule has 0 radical (unpaired) electrons. The van der Waals surface area contributed by atoms with Gasteiger partial charge in [-0.25, -0.2) is 0 Å². The van der Waals surface area contributed by atoms with Crippen molar-refractivity contribution in [3.63, 3.8) is 0 Å². The van der Waals surface area contributed by atoms with E-state index in [0.717, 1.165) is 24.2 Å². The van der Waals surface area contributed by atoms with Gasteiger partial charge in [0.2, 0.25) is 0 Å². The van der Waals surface area contributed by atoms with Crippen molar-refractivity contribution in [2.24, 2.45) is 0 Å². The highest BCUT2D eigenvalue weighted by Gasteiger charge is 2.34. The third kappa shape index (κ3) is 3.05. The van der Waals surface area contributed by atoms with Gasteiger partial charge in [0.1, 0.15) is 17.1 Å². The minimum atomic E-state index is -0.711. The van der Waals surface area contributed by atoms with Gasteiger partial charge < -0.3 is 19.9 Å². The molecule has 2 heterocycles. The van der Waals surface area contributed by atoms with Crippen LogP contribution in [-0.2, 0) is 9.59 Å². The van der Waals surface area contributed by atoms with E-state index in [-0.39, 0.29) is 12.0 Å². The first-order chi connectivity index (χ1) is 12.5. The monoisotopic (exact) mass is 355 g/mol. The van der Waals surface area contributed by atoms with E-state index in [1.54, 1.807) is 6.92 Å². The van der Waals surface area contributed by atoms with E-state index in [4.69, 9.17) is 9.26 Å². The average Bonchev–Trinajstić information content (AvgIpc) is 3.28. The number of rotatable bonds is 4. The van der Waals surface area contributed by atoms with Crippen molar-refractivity contribution in [2.75, 3.05) is 11.9 Å². The SMILES string of the molecule is Cc1noc(C2CC2)c1NC(=O)C(=O)NC(C)C1COc2ccccc21. The minimum absolute atomic E-state index is 0.0160. The first kappa shape index (κ1) is 16.6. The summed E-state index contributed by atoms with van der Waals surface area (Å²) in [6.07, 6.45) is 2.03. The summed E-state index contributed by atoms with van der Waals surface area (Å²) in [5, 5.41) is 9.33. The Morgan fingerprint density at radius 2 is 2.00 bits per heavy atom. The van der Waals surface area contributed by atoms with Gasteiger partial charge in [-0.3, -0.25) is 9.59 Å². The summed E-state index contributed by atoms with van der Waals surface area (Å²) >= 11 is 0. The van der Waals surface area contributed by atoms with Crippen LogP contribution in [0, 0.1) is 6.92 Å². The number of hydrogen-bond donors (Lipinski definition) is 2.